The van der Waals surface area contributed by atoms with Crippen LogP contribution in [-0.4, -0.2) is 31.7 Å². The van der Waals surface area contributed by atoms with Gasteiger partial charge in [0.1, 0.15) is 6.04 Å². The normalized spacial score (nSPS) is 13.6. The molecule has 0 aliphatic heterocycles. The predicted octanol–water partition coefficient (Wildman–Crippen LogP) is 2.49. The Bertz CT molecular complexity index is 282. The van der Waals surface area contributed by atoms with Gasteiger partial charge < -0.3 is 4.48 Å². The van der Waals surface area contributed by atoms with E-state index in [0.717, 1.165) is 10.9 Å². The highest BCUT2D eigenvalue weighted by Gasteiger charge is 2.19. The van der Waals surface area contributed by atoms with Crippen molar-refractivity contribution in [3.8, 4) is 0 Å². The van der Waals surface area contributed by atoms with Crippen LogP contribution in [0.1, 0.15) is 5.56 Å². The molecule has 0 N–H and O–H groups in total. The molecule has 0 amide bonds. The molecular weight excluding hydrogens is 170 g/mol. The Kier molecular flexibility index (Phi) is 3.48. The molecule has 1 atom stereocenters. The van der Waals surface area contributed by atoms with E-state index in [-0.39, 0.29) is 0 Å². The first-order valence-corrected chi connectivity index (χ1v) is 5.01. The van der Waals surface area contributed by atoms with Gasteiger partial charge in [0, 0.05) is 6.42 Å². The summed E-state index contributed by atoms with van der Waals surface area (Å²) in [6, 6.07) is 11.1. The van der Waals surface area contributed by atoms with E-state index >= 15 is 0 Å². The fourth-order valence-corrected chi connectivity index (χ4v) is 1.53. The minimum absolute atomic E-state index is 0.484. The van der Waals surface area contributed by atoms with E-state index in [4.69, 9.17) is 0 Å². The lowest BCUT2D eigenvalue weighted by molar-refractivity contribution is -0.888. The molecule has 0 bridgehead atoms. The lowest BCUT2D eigenvalue weighted by Gasteiger charge is -2.32. The molecule has 14 heavy (non-hydrogen) atoms. The van der Waals surface area contributed by atoms with Crippen molar-refractivity contribution < 1.29 is 4.48 Å². The van der Waals surface area contributed by atoms with E-state index in [1.54, 1.807) is 0 Å². The molecule has 0 heterocycles. The number of rotatable bonds is 4. The van der Waals surface area contributed by atoms with E-state index in [2.05, 4.69) is 58.1 Å². The second-order valence-electron chi connectivity index (χ2n) is 4.61. The maximum atomic E-state index is 3.91. The Balaban J connectivity index is 2.72. The summed E-state index contributed by atoms with van der Waals surface area (Å²) in [7, 11) is 6.61. The first-order chi connectivity index (χ1) is 6.54. The number of benzene rings is 1. The summed E-state index contributed by atoms with van der Waals surface area (Å²) in [5.41, 5.74) is 1.38. The monoisotopic (exact) mass is 190 g/mol. The summed E-state index contributed by atoms with van der Waals surface area (Å²) in [4.78, 5) is 0. The van der Waals surface area contributed by atoms with Crippen molar-refractivity contribution in [1.82, 2.24) is 0 Å². The number of hydrogen-bond donors (Lipinski definition) is 0. The van der Waals surface area contributed by atoms with Gasteiger partial charge in [-0.15, -0.1) is 0 Å². The zero-order chi connectivity index (χ0) is 10.6. The van der Waals surface area contributed by atoms with E-state index in [0.29, 0.717) is 6.04 Å². The zero-order valence-corrected chi connectivity index (χ0v) is 9.40. The molecule has 0 aliphatic rings. The van der Waals surface area contributed by atoms with Crippen LogP contribution in [0.25, 0.3) is 0 Å². The van der Waals surface area contributed by atoms with Crippen LogP contribution in [0.4, 0.5) is 0 Å². The SMILES string of the molecule is C=CC(Cc1ccccc1)[N+](C)(C)C. The highest BCUT2D eigenvalue weighted by molar-refractivity contribution is 5.16. The minimum atomic E-state index is 0.484. The lowest BCUT2D eigenvalue weighted by atomic mass is 10.0. The van der Waals surface area contributed by atoms with Gasteiger partial charge in [0.05, 0.1) is 21.1 Å². The maximum Gasteiger partial charge on any atom is 0.111 e. The third-order valence-corrected chi connectivity index (χ3v) is 2.55. The molecule has 0 spiro atoms. The van der Waals surface area contributed by atoms with Crippen LogP contribution >= 0.6 is 0 Å². The predicted molar refractivity (Wildman–Crippen MR) is 62.2 cm³/mol. The minimum Gasteiger partial charge on any atom is -0.325 e. The molecule has 1 heteroatoms. The van der Waals surface area contributed by atoms with Gasteiger partial charge in [0.25, 0.3) is 0 Å². The molecule has 0 aliphatic carbocycles. The second-order valence-corrected chi connectivity index (χ2v) is 4.61. The average Bonchev–Trinajstić information content (AvgIpc) is 2.14. The standard InChI is InChI=1S/C13H20N/c1-5-13(14(2,3)4)11-12-9-7-6-8-10-12/h5-10,13H,1,11H2,2-4H3/q+1. The van der Waals surface area contributed by atoms with Crippen LogP contribution in [0.2, 0.25) is 0 Å². The maximum absolute atomic E-state index is 3.91. The second kappa shape index (κ2) is 4.43. The van der Waals surface area contributed by atoms with Gasteiger partial charge in [-0.05, 0) is 11.6 Å². The zero-order valence-electron chi connectivity index (χ0n) is 9.40. The summed E-state index contributed by atoms with van der Waals surface area (Å²) in [6.45, 7) is 3.91. The van der Waals surface area contributed by atoms with Crippen molar-refractivity contribution in [2.75, 3.05) is 21.1 Å². The summed E-state index contributed by atoms with van der Waals surface area (Å²) < 4.78 is 0.929. The Hall–Kier alpha value is -1.08. The Morgan fingerprint density at radius 1 is 1.21 bits per heavy atom. The number of likely N-dealkylation sites (N-methyl/N-ethyl adjacent to an activating group) is 1. The van der Waals surface area contributed by atoms with Crippen molar-refractivity contribution in [3.05, 3.63) is 48.6 Å². The molecule has 1 rings (SSSR count). The highest BCUT2D eigenvalue weighted by atomic mass is 15.3. The van der Waals surface area contributed by atoms with Crippen molar-refractivity contribution >= 4 is 0 Å². The number of nitrogens with zero attached hydrogens (tertiary/aromatic N) is 1. The van der Waals surface area contributed by atoms with Gasteiger partial charge in [-0.25, -0.2) is 0 Å². The molecule has 1 aromatic carbocycles. The topological polar surface area (TPSA) is 0 Å². The van der Waals surface area contributed by atoms with Crippen molar-refractivity contribution in [2.24, 2.45) is 0 Å². The first-order valence-electron chi connectivity index (χ1n) is 5.01. The van der Waals surface area contributed by atoms with Gasteiger partial charge in [0.15, 0.2) is 0 Å². The summed E-state index contributed by atoms with van der Waals surface area (Å²) in [5.74, 6) is 0. The van der Waals surface area contributed by atoms with Crippen molar-refractivity contribution in [2.45, 2.75) is 12.5 Å². The molecule has 0 saturated heterocycles. The van der Waals surface area contributed by atoms with E-state index < -0.39 is 0 Å². The van der Waals surface area contributed by atoms with Crippen LogP contribution in [0.3, 0.4) is 0 Å². The third-order valence-electron chi connectivity index (χ3n) is 2.55. The van der Waals surface area contributed by atoms with E-state index in [9.17, 15) is 0 Å². The quantitative estimate of drug-likeness (QED) is 0.505. The Labute approximate surface area is 87.3 Å². The molecule has 1 aromatic rings. The van der Waals surface area contributed by atoms with Crippen molar-refractivity contribution in [1.29, 1.82) is 0 Å². The van der Waals surface area contributed by atoms with E-state index in [1.165, 1.54) is 5.56 Å². The van der Waals surface area contributed by atoms with Gasteiger partial charge in [-0.3, -0.25) is 0 Å². The molecule has 76 valence electrons. The molecule has 0 radical (unpaired) electrons. The highest BCUT2D eigenvalue weighted by Crippen LogP contribution is 2.11. The molecule has 0 aromatic heterocycles. The lowest BCUT2D eigenvalue weighted by Crippen LogP contribution is -2.45. The number of quaternary nitrogens is 1. The third kappa shape index (κ3) is 3.00. The molecular formula is C13H20N+. The van der Waals surface area contributed by atoms with Crippen LogP contribution < -0.4 is 0 Å². The van der Waals surface area contributed by atoms with Crippen LogP contribution in [0.5, 0.6) is 0 Å². The average molecular weight is 190 g/mol. The van der Waals surface area contributed by atoms with Gasteiger partial charge in [0.2, 0.25) is 0 Å². The smallest absolute Gasteiger partial charge is 0.111 e. The van der Waals surface area contributed by atoms with Gasteiger partial charge in [-0.2, -0.15) is 0 Å². The van der Waals surface area contributed by atoms with Crippen LogP contribution in [-0.2, 0) is 6.42 Å². The first kappa shape index (κ1) is 11.0. The molecule has 1 nitrogen and oxygen atoms in total. The Morgan fingerprint density at radius 2 is 1.79 bits per heavy atom. The largest absolute Gasteiger partial charge is 0.325 e. The van der Waals surface area contributed by atoms with Crippen LogP contribution in [0.15, 0.2) is 43.0 Å². The summed E-state index contributed by atoms with van der Waals surface area (Å²) in [6.07, 6.45) is 3.11. The molecule has 0 saturated carbocycles. The summed E-state index contributed by atoms with van der Waals surface area (Å²) in [5, 5.41) is 0. The molecule has 1 unspecified atom stereocenters. The fraction of sp³-hybridized carbons (Fsp3) is 0.385. The Morgan fingerprint density at radius 3 is 2.21 bits per heavy atom. The van der Waals surface area contributed by atoms with Crippen molar-refractivity contribution in [3.63, 3.8) is 0 Å². The van der Waals surface area contributed by atoms with Gasteiger partial charge >= 0.3 is 0 Å². The molecule has 0 fully saturated rings. The van der Waals surface area contributed by atoms with Crippen LogP contribution in [0, 0.1) is 0 Å². The number of hydrogen-bond acceptors (Lipinski definition) is 0. The van der Waals surface area contributed by atoms with Gasteiger partial charge in [-0.1, -0.05) is 36.9 Å². The van der Waals surface area contributed by atoms with E-state index in [1.807, 2.05) is 6.08 Å². The summed E-state index contributed by atoms with van der Waals surface area (Å²) >= 11 is 0. The fourth-order valence-electron chi connectivity index (χ4n) is 1.53.